The van der Waals surface area contributed by atoms with Gasteiger partial charge in [0.15, 0.2) is 0 Å². The minimum Gasteiger partial charge on any atom is -0.373 e. The predicted octanol–water partition coefficient (Wildman–Crippen LogP) is 2.84. The molecule has 2 aliphatic rings. The van der Waals surface area contributed by atoms with E-state index >= 15 is 0 Å². The Hall–Kier alpha value is -0.560. The Kier molecular flexibility index (Phi) is 4.79. The van der Waals surface area contributed by atoms with Gasteiger partial charge in [-0.05, 0) is 53.9 Å². The van der Waals surface area contributed by atoms with E-state index in [2.05, 4.69) is 51.4 Å². The highest BCUT2D eigenvalue weighted by molar-refractivity contribution is 5.16. The molecular formula is C17H29NO2. The van der Waals surface area contributed by atoms with Crippen LogP contribution in [0.3, 0.4) is 0 Å². The molecule has 114 valence electrons. The summed E-state index contributed by atoms with van der Waals surface area (Å²) < 4.78 is 11.9. The maximum Gasteiger partial charge on any atom is 0.126 e. The van der Waals surface area contributed by atoms with Crippen LogP contribution < -0.4 is 0 Å². The lowest BCUT2D eigenvalue weighted by molar-refractivity contribution is -0.135. The van der Waals surface area contributed by atoms with Crippen molar-refractivity contribution in [2.75, 3.05) is 19.6 Å². The van der Waals surface area contributed by atoms with Crippen LogP contribution in [-0.4, -0.2) is 47.9 Å². The molecular weight excluding hydrogens is 250 g/mol. The summed E-state index contributed by atoms with van der Waals surface area (Å²) in [5, 5.41) is 0. The normalized spacial score (nSPS) is 38.0. The molecule has 0 aromatic heterocycles. The summed E-state index contributed by atoms with van der Waals surface area (Å²) >= 11 is 0. The van der Waals surface area contributed by atoms with E-state index in [1.165, 1.54) is 6.42 Å². The van der Waals surface area contributed by atoms with Gasteiger partial charge in [0, 0.05) is 13.1 Å². The third-order valence-corrected chi connectivity index (χ3v) is 4.08. The van der Waals surface area contributed by atoms with E-state index < -0.39 is 0 Å². The van der Waals surface area contributed by atoms with Gasteiger partial charge in [-0.1, -0.05) is 11.8 Å². The molecule has 0 aliphatic carbocycles. The Bertz CT molecular complexity index is 386. The fourth-order valence-corrected chi connectivity index (χ4v) is 3.40. The molecule has 0 spiro atoms. The monoisotopic (exact) mass is 279 g/mol. The number of hydrogen-bond donors (Lipinski definition) is 0. The van der Waals surface area contributed by atoms with Crippen LogP contribution in [0.25, 0.3) is 0 Å². The van der Waals surface area contributed by atoms with Crippen LogP contribution in [0.4, 0.5) is 0 Å². The van der Waals surface area contributed by atoms with E-state index in [1.807, 2.05) is 0 Å². The van der Waals surface area contributed by atoms with Gasteiger partial charge in [-0.25, -0.2) is 0 Å². The Labute approximate surface area is 124 Å². The molecule has 2 rings (SSSR count). The van der Waals surface area contributed by atoms with E-state index in [-0.39, 0.29) is 11.2 Å². The molecule has 2 saturated heterocycles. The second-order valence-electron chi connectivity index (χ2n) is 7.20. The van der Waals surface area contributed by atoms with E-state index in [0.717, 1.165) is 32.5 Å². The first kappa shape index (κ1) is 15.8. The van der Waals surface area contributed by atoms with Gasteiger partial charge in [-0.3, -0.25) is 4.90 Å². The van der Waals surface area contributed by atoms with Crippen molar-refractivity contribution in [2.24, 2.45) is 0 Å². The molecule has 20 heavy (non-hydrogen) atoms. The minimum atomic E-state index is -0.273. The molecule has 0 bridgehead atoms. The molecule has 0 amide bonds. The zero-order valence-corrected chi connectivity index (χ0v) is 13.7. The van der Waals surface area contributed by atoms with Gasteiger partial charge in [-0.15, -0.1) is 0 Å². The summed E-state index contributed by atoms with van der Waals surface area (Å²) in [5.74, 6) is 6.72. The van der Waals surface area contributed by atoms with E-state index in [1.54, 1.807) is 0 Å². The van der Waals surface area contributed by atoms with Crippen LogP contribution >= 0.6 is 0 Å². The number of rotatable bonds is 1. The molecule has 3 heteroatoms. The van der Waals surface area contributed by atoms with Crippen LogP contribution in [0.5, 0.6) is 0 Å². The fourth-order valence-electron chi connectivity index (χ4n) is 3.40. The van der Waals surface area contributed by atoms with Gasteiger partial charge in [0.1, 0.15) is 5.60 Å². The first-order valence-electron chi connectivity index (χ1n) is 7.86. The van der Waals surface area contributed by atoms with Gasteiger partial charge in [0.05, 0.1) is 24.4 Å². The summed E-state index contributed by atoms with van der Waals surface area (Å²) in [4.78, 5) is 2.38. The quantitative estimate of drug-likeness (QED) is 0.689. The molecule has 0 aromatic carbocycles. The first-order valence-corrected chi connectivity index (χ1v) is 7.86. The summed E-state index contributed by atoms with van der Waals surface area (Å²) in [6.45, 7) is 13.5. The Balaban J connectivity index is 1.90. The second kappa shape index (κ2) is 6.05. The van der Waals surface area contributed by atoms with Gasteiger partial charge in [0.2, 0.25) is 0 Å². The average Bonchev–Trinajstić information content (AvgIpc) is 2.25. The lowest BCUT2D eigenvalue weighted by atomic mass is 9.88. The van der Waals surface area contributed by atoms with E-state index in [9.17, 15) is 0 Å². The molecule has 2 fully saturated rings. The lowest BCUT2D eigenvalue weighted by Crippen LogP contribution is -2.45. The number of hydrogen-bond acceptors (Lipinski definition) is 3. The number of morpholine rings is 1. The van der Waals surface area contributed by atoms with Crippen LogP contribution in [0, 0.1) is 11.8 Å². The molecule has 0 aromatic rings. The van der Waals surface area contributed by atoms with Crippen molar-refractivity contribution in [1.29, 1.82) is 0 Å². The highest BCUT2D eigenvalue weighted by Crippen LogP contribution is 2.34. The zero-order chi connectivity index (χ0) is 14.8. The second-order valence-corrected chi connectivity index (χ2v) is 7.20. The molecule has 0 N–H and O–H groups in total. The van der Waals surface area contributed by atoms with Crippen LogP contribution in [0.1, 0.15) is 53.9 Å². The fraction of sp³-hybridized carbons (Fsp3) is 0.882. The van der Waals surface area contributed by atoms with Gasteiger partial charge in [0.25, 0.3) is 0 Å². The van der Waals surface area contributed by atoms with Crippen molar-refractivity contribution in [2.45, 2.75) is 77.3 Å². The van der Waals surface area contributed by atoms with Crippen LogP contribution in [0.2, 0.25) is 0 Å². The SMILES string of the molecule is C[C@@H]1CN(CC#C[C@@]2(C)CCCC(C)(C)O2)C[C@H](C)O1. The zero-order valence-electron chi connectivity index (χ0n) is 13.7. The summed E-state index contributed by atoms with van der Waals surface area (Å²) in [7, 11) is 0. The molecule has 2 aliphatic heterocycles. The van der Waals surface area contributed by atoms with Crippen molar-refractivity contribution < 1.29 is 9.47 Å². The Morgan fingerprint density at radius 2 is 1.75 bits per heavy atom. The lowest BCUT2D eigenvalue weighted by Gasteiger charge is -2.40. The van der Waals surface area contributed by atoms with Crippen LogP contribution in [0.15, 0.2) is 0 Å². The smallest absolute Gasteiger partial charge is 0.126 e. The molecule has 0 saturated carbocycles. The average molecular weight is 279 g/mol. The summed E-state index contributed by atoms with van der Waals surface area (Å²) in [5.41, 5.74) is -0.311. The third-order valence-electron chi connectivity index (χ3n) is 4.08. The van der Waals surface area contributed by atoms with Gasteiger partial charge in [-0.2, -0.15) is 0 Å². The maximum atomic E-state index is 6.18. The first-order chi connectivity index (χ1) is 9.28. The molecule has 3 nitrogen and oxygen atoms in total. The van der Waals surface area contributed by atoms with Crippen LogP contribution in [-0.2, 0) is 9.47 Å². The number of nitrogens with zero attached hydrogens (tertiary/aromatic N) is 1. The van der Waals surface area contributed by atoms with E-state index in [0.29, 0.717) is 12.2 Å². The Morgan fingerprint density at radius 1 is 1.10 bits per heavy atom. The molecule has 2 heterocycles. The third kappa shape index (κ3) is 4.48. The van der Waals surface area contributed by atoms with Crippen molar-refractivity contribution in [3.63, 3.8) is 0 Å². The van der Waals surface area contributed by atoms with E-state index in [4.69, 9.17) is 9.47 Å². The van der Waals surface area contributed by atoms with Crippen molar-refractivity contribution in [3.05, 3.63) is 0 Å². The molecule has 3 atom stereocenters. The highest BCUT2D eigenvalue weighted by atomic mass is 16.5. The summed E-state index contributed by atoms with van der Waals surface area (Å²) in [6, 6.07) is 0. The minimum absolute atomic E-state index is 0.0380. The standard InChI is InChI=1S/C17H29NO2/c1-14-12-18(13-15(2)19-14)11-7-10-17(5)9-6-8-16(3,4)20-17/h14-15H,6,8-9,11-13H2,1-5H3/t14-,15+,17-/m1/s1. The Morgan fingerprint density at radius 3 is 2.35 bits per heavy atom. The summed E-state index contributed by atoms with van der Waals surface area (Å²) in [6.07, 6.45) is 3.98. The molecule has 0 unspecified atom stereocenters. The predicted molar refractivity (Wildman–Crippen MR) is 81.6 cm³/mol. The highest BCUT2D eigenvalue weighted by Gasteiger charge is 2.35. The maximum absolute atomic E-state index is 6.18. The van der Waals surface area contributed by atoms with Crippen molar-refractivity contribution in [3.8, 4) is 11.8 Å². The van der Waals surface area contributed by atoms with Gasteiger partial charge >= 0.3 is 0 Å². The van der Waals surface area contributed by atoms with Crippen molar-refractivity contribution in [1.82, 2.24) is 4.90 Å². The molecule has 0 radical (unpaired) electrons. The topological polar surface area (TPSA) is 21.7 Å². The van der Waals surface area contributed by atoms with Crippen molar-refractivity contribution >= 4 is 0 Å². The van der Waals surface area contributed by atoms with Gasteiger partial charge < -0.3 is 9.47 Å². The largest absolute Gasteiger partial charge is 0.373 e. The number of ether oxygens (including phenoxy) is 2.